The topological polar surface area (TPSA) is 74.3 Å². The van der Waals surface area contributed by atoms with Gasteiger partial charge in [-0.2, -0.15) is 0 Å². The number of nitrogens with zero attached hydrogens (tertiary/aromatic N) is 1. The minimum atomic E-state index is -0.600. The Bertz CT molecular complexity index is 455. The third kappa shape index (κ3) is 6.15. The smallest absolute Gasteiger partial charge is 0.411 e. The van der Waals surface area contributed by atoms with E-state index in [1.165, 1.54) is 12.0 Å². The van der Waals surface area contributed by atoms with Gasteiger partial charge in [-0.05, 0) is 58.8 Å². The Hall–Kier alpha value is -1.34. The van der Waals surface area contributed by atoms with Gasteiger partial charge in [0, 0.05) is 13.2 Å². The zero-order valence-corrected chi connectivity index (χ0v) is 15.8. The number of esters is 1. The molecule has 0 bridgehead atoms. The fourth-order valence-corrected chi connectivity index (χ4v) is 3.22. The molecule has 2 fully saturated rings. The summed E-state index contributed by atoms with van der Waals surface area (Å²) in [5.41, 5.74) is -0.600. The van der Waals surface area contributed by atoms with Gasteiger partial charge in [-0.15, -0.1) is 0 Å². The molecule has 0 aromatic rings. The van der Waals surface area contributed by atoms with Gasteiger partial charge in [-0.25, -0.2) is 9.59 Å². The summed E-state index contributed by atoms with van der Waals surface area (Å²) in [6.07, 6.45) is 3.90. The predicted molar refractivity (Wildman–Crippen MR) is 91.0 cm³/mol. The molecule has 0 spiro atoms. The number of rotatable bonds is 5. The van der Waals surface area contributed by atoms with E-state index in [1.54, 1.807) is 0 Å². The van der Waals surface area contributed by atoms with Crippen LogP contribution in [0.15, 0.2) is 0 Å². The summed E-state index contributed by atoms with van der Waals surface area (Å²) in [6.45, 7) is 7.22. The van der Waals surface area contributed by atoms with Gasteiger partial charge in [-0.1, -0.05) is 0 Å². The number of methoxy groups -OCH3 is 1. The second kappa shape index (κ2) is 8.85. The first-order valence-electron chi connectivity index (χ1n) is 9.11. The predicted octanol–water partition coefficient (Wildman–Crippen LogP) is 2.72. The van der Waals surface area contributed by atoms with Crippen molar-refractivity contribution in [3.05, 3.63) is 0 Å². The molecule has 2 aliphatic heterocycles. The molecule has 0 radical (unpaired) electrons. The number of amides is 1. The highest BCUT2D eigenvalue weighted by molar-refractivity contribution is 5.82. The van der Waals surface area contributed by atoms with Crippen molar-refractivity contribution in [1.82, 2.24) is 4.90 Å². The highest BCUT2D eigenvalue weighted by atomic mass is 16.7. The van der Waals surface area contributed by atoms with E-state index >= 15 is 0 Å². The second-order valence-electron chi connectivity index (χ2n) is 7.73. The van der Waals surface area contributed by atoms with E-state index in [4.69, 9.17) is 18.9 Å². The number of ether oxygens (including phenoxy) is 4. The molecule has 2 rings (SSSR count). The maximum Gasteiger partial charge on any atom is 0.411 e. The van der Waals surface area contributed by atoms with Gasteiger partial charge < -0.3 is 18.9 Å². The van der Waals surface area contributed by atoms with Crippen LogP contribution in [0.3, 0.4) is 0 Å². The fraction of sp³-hybridized carbons (Fsp3) is 0.889. The third-order valence-electron chi connectivity index (χ3n) is 4.46. The van der Waals surface area contributed by atoms with Crippen molar-refractivity contribution in [2.24, 2.45) is 5.92 Å². The monoisotopic (exact) mass is 357 g/mol. The fourth-order valence-electron chi connectivity index (χ4n) is 3.22. The Labute approximate surface area is 149 Å². The number of hydrogen-bond acceptors (Lipinski definition) is 6. The molecule has 0 aromatic carbocycles. The molecule has 0 saturated carbocycles. The summed E-state index contributed by atoms with van der Waals surface area (Å²) in [6, 6.07) is -0.587. The number of hydrogen-bond donors (Lipinski definition) is 0. The van der Waals surface area contributed by atoms with E-state index in [1.807, 2.05) is 20.8 Å². The van der Waals surface area contributed by atoms with Gasteiger partial charge in [0.05, 0.1) is 13.7 Å². The van der Waals surface area contributed by atoms with E-state index in [0.29, 0.717) is 19.6 Å². The van der Waals surface area contributed by atoms with Crippen LogP contribution in [0.5, 0.6) is 0 Å². The molecule has 0 aromatic heterocycles. The highest BCUT2D eigenvalue weighted by Crippen LogP contribution is 2.29. The lowest BCUT2D eigenvalue weighted by Crippen LogP contribution is -2.43. The van der Waals surface area contributed by atoms with Gasteiger partial charge in [0.25, 0.3) is 0 Å². The molecular formula is C18H31NO6. The number of carbonyl (C=O) groups is 2. The first kappa shape index (κ1) is 20.0. The molecule has 0 aliphatic carbocycles. The van der Waals surface area contributed by atoms with Gasteiger partial charge in [0.1, 0.15) is 11.6 Å². The number of likely N-dealkylation sites (tertiary alicyclic amines) is 1. The van der Waals surface area contributed by atoms with Crippen LogP contribution < -0.4 is 0 Å². The van der Waals surface area contributed by atoms with E-state index in [2.05, 4.69) is 0 Å². The van der Waals surface area contributed by atoms with Crippen LogP contribution in [0.2, 0.25) is 0 Å². The molecule has 0 N–H and O–H groups in total. The first-order valence-corrected chi connectivity index (χ1v) is 9.11. The molecule has 2 aliphatic rings. The van der Waals surface area contributed by atoms with Gasteiger partial charge in [0.2, 0.25) is 0 Å². The van der Waals surface area contributed by atoms with Crippen molar-refractivity contribution in [3.63, 3.8) is 0 Å². The van der Waals surface area contributed by atoms with Crippen molar-refractivity contribution in [2.45, 2.75) is 70.8 Å². The molecule has 2 heterocycles. The van der Waals surface area contributed by atoms with Gasteiger partial charge in [-0.3, -0.25) is 4.90 Å². The summed E-state index contributed by atoms with van der Waals surface area (Å²) in [5.74, 6) is -0.217. The van der Waals surface area contributed by atoms with Crippen molar-refractivity contribution < 1.29 is 28.5 Å². The van der Waals surface area contributed by atoms with Crippen molar-refractivity contribution >= 4 is 12.1 Å². The lowest BCUT2D eigenvalue weighted by atomic mass is 10.0. The van der Waals surface area contributed by atoms with E-state index in [9.17, 15) is 9.59 Å². The molecule has 144 valence electrons. The Balaban J connectivity index is 1.86. The Morgan fingerprint density at radius 1 is 1.24 bits per heavy atom. The zero-order chi connectivity index (χ0) is 18.4. The maximum absolute atomic E-state index is 12.4. The second-order valence-corrected chi connectivity index (χ2v) is 7.73. The first-order chi connectivity index (χ1) is 11.8. The van der Waals surface area contributed by atoms with Crippen LogP contribution in [0.1, 0.15) is 52.9 Å². The standard InChI is InChI=1S/C18H31NO6/c1-18(2,3)25-17(21)19-12-13(11-14(19)16(20)22-4)8-10-24-15-7-5-6-9-23-15/h13-15H,5-12H2,1-4H3/t13-,14-,15?/m0/s1. The summed E-state index contributed by atoms with van der Waals surface area (Å²) in [7, 11) is 1.34. The molecule has 1 unspecified atom stereocenters. The molecule has 2 saturated heterocycles. The Morgan fingerprint density at radius 3 is 2.60 bits per heavy atom. The number of carbonyl (C=O) groups excluding carboxylic acids is 2. The van der Waals surface area contributed by atoms with E-state index in [-0.39, 0.29) is 12.2 Å². The third-order valence-corrected chi connectivity index (χ3v) is 4.46. The normalized spacial score (nSPS) is 27.2. The van der Waals surface area contributed by atoms with Crippen LogP contribution >= 0.6 is 0 Å². The van der Waals surface area contributed by atoms with Crippen molar-refractivity contribution in [3.8, 4) is 0 Å². The summed E-state index contributed by atoms with van der Waals surface area (Å²) in [4.78, 5) is 25.9. The highest BCUT2D eigenvalue weighted by Gasteiger charge is 2.41. The van der Waals surface area contributed by atoms with Crippen LogP contribution in [0, 0.1) is 5.92 Å². The minimum absolute atomic E-state index is 0.117. The summed E-state index contributed by atoms with van der Waals surface area (Å²) in [5, 5.41) is 0. The lowest BCUT2D eigenvalue weighted by molar-refractivity contribution is -0.164. The SMILES string of the molecule is COC(=O)[C@@H]1C[C@H](CCOC2CCCCO2)CN1C(=O)OC(C)(C)C. The molecule has 7 heteroatoms. The van der Waals surface area contributed by atoms with Crippen LogP contribution in [-0.2, 0) is 23.7 Å². The zero-order valence-electron chi connectivity index (χ0n) is 15.8. The summed E-state index contributed by atoms with van der Waals surface area (Å²) < 4.78 is 21.6. The average molecular weight is 357 g/mol. The van der Waals surface area contributed by atoms with Crippen LogP contribution in [0.4, 0.5) is 4.79 Å². The quantitative estimate of drug-likeness (QED) is 0.704. The largest absolute Gasteiger partial charge is 0.467 e. The van der Waals surface area contributed by atoms with Crippen LogP contribution in [-0.4, -0.2) is 61.8 Å². The molecule has 3 atom stereocenters. The van der Waals surface area contributed by atoms with Crippen molar-refractivity contribution in [1.29, 1.82) is 0 Å². The molecule has 25 heavy (non-hydrogen) atoms. The maximum atomic E-state index is 12.4. The molecular weight excluding hydrogens is 326 g/mol. The van der Waals surface area contributed by atoms with E-state index < -0.39 is 23.7 Å². The Morgan fingerprint density at radius 2 is 2.00 bits per heavy atom. The summed E-state index contributed by atoms with van der Waals surface area (Å²) >= 11 is 0. The minimum Gasteiger partial charge on any atom is -0.467 e. The van der Waals surface area contributed by atoms with Gasteiger partial charge in [0.15, 0.2) is 6.29 Å². The Kier molecular flexibility index (Phi) is 7.07. The molecule has 7 nitrogen and oxygen atoms in total. The molecule has 1 amide bonds. The van der Waals surface area contributed by atoms with Crippen molar-refractivity contribution in [2.75, 3.05) is 26.9 Å². The van der Waals surface area contributed by atoms with Crippen LogP contribution in [0.25, 0.3) is 0 Å². The van der Waals surface area contributed by atoms with Gasteiger partial charge >= 0.3 is 12.1 Å². The lowest BCUT2D eigenvalue weighted by Gasteiger charge is -2.27. The van der Waals surface area contributed by atoms with E-state index in [0.717, 1.165) is 32.3 Å². The average Bonchev–Trinajstić information content (AvgIpc) is 2.98.